The molecule has 1 amide bonds. The van der Waals surface area contributed by atoms with Crippen LogP contribution in [0.15, 0.2) is 29.4 Å². The van der Waals surface area contributed by atoms with E-state index in [1.165, 1.54) is 18.7 Å². The molecule has 0 aromatic heterocycles. The zero-order valence-electron chi connectivity index (χ0n) is 9.97. The third kappa shape index (κ3) is 2.90. The Morgan fingerprint density at radius 1 is 1.18 bits per heavy atom. The van der Waals surface area contributed by atoms with E-state index in [0.29, 0.717) is 11.3 Å². The van der Waals surface area contributed by atoms with Crippen LogP contribution in [0, 0.1) is 0 Å². The minimum atomic E-state index is -0.343. The summed E-state index contributed by atoms with van der Waals surface area (Å²) in [6.07, 6.45) is 0. The molecule has 0 unspecified atom stereocenters. The summed E-state index contributed by atoms with van der Waals surface area (Å²) in [5.41, 5.74) is 1.14. The number of amides is 1. The van der Waals surface area contributed by atoms with Gasteiger partial charge in [0.15, 0.2) is 0 Å². The van der Waals surface area contributed by atoms with Crippen molar-refractivity contribution in [1.82, 2.24) is 0 Å². The first kappa shape index (κ1) is 12.9. The molecule has 1 rings (SSSR count). The summed E-state index contributed by atoms with van der Waals surface area (Å²) in [4.78, 5) is 24.2. The van der Waals surface area contributed by atoms with Gasteiger partial charge in [0.2, 0.25) is 11.7 Å². The Morgan fingerprint density at radius 2 is 1.71 bits per heavy atom. The van der Waals surface area contributed by atoms with E-state index in [-0.39, 0.29) is 17.4 Å². The second-order valence-electron chi connectivity index (χ2n) is 3.64. The van der Waals surface area contributed by atoms with Crippen molar-refractivity contribution in [3.63, 3.8) is 0 Å². The number of carbonyl (C=O) groups excluding carboxylic acids is 2. The molecule has 0 atom stereocenters. The molecule has 0 heterocycles. The maximum Gasteiger partial charge on any atom is 0.223 e. The van der Waals surface area contributed by atoms with Gasteiger partial charge in [0.25, 0.3) is 0 Å². The average molecular weight is 234 g/mol. The van der Waals surface area contributed by atoms with Crippen molar-refractivity contribution < 1.29 is 14.8 Å². The van der Waals surface area contributed by atoms with E-state index in [4.69, 9.17) is 5.21 Å². The Kier molecular flexibility index (Phi) is 3.98. The smallest absolute Gasteiger partial charge is 0.223 e. The van der Waals surface area contributed by atoms with Gasteiger partial charge in [-0.2, -0.15) is 0 Å². The van der Waals surface area contributed by atoms with E-state index in [2.05, 4.69) is 5.16 Å². The van der Waals surface area contributed by atoms with Gasteiger partial charge in [0.05, 0.1) is 0 Å². The highest BCUT2D eigenvalue weighted by molar-refractivity contribution is 6.45. The van der Waals surface area contributed by atoms with E-state index in [0.717, 1.165) is 0 Å². The molecule has 0 aliphatic heterocycles. The summed E-state index contributed by atoms with van der Waals surface area (Å²) >= 11 is 0. The lowest BCUT2D eigenvalue weighted by Gasteiger charge is -2.14. The highest BCUT2D eigenvalue weighted by Gasteiger charge is 2.11. The quantitative estimate of drug-likeness (QED) is 0.374. The van der Waals surface area contributed by atoms with Crippen LogP contribution in [0.4, 0.5) is 5.69 Å². The van der Waals surface area contributed by atoms with Crippen molar-refractivity contribution in [2.75, 3.05) is 11.9 Å². The largest absolute Gasteiger partial charge is 0.411 e. The van der Waals surface area contributed by atoms with E-state index >= 15 is 0 Å². The summed E-state index contributed by atoms with van der Waals surface area (Å²) in [6.45, 7) is 2.89. The molecule has 90 valence electrons. The molecule has 1 N–H and O–H groups in total. The molecular formula is C12H14N2O3. The van der Waals surface area contributed by atoms with Gasteiger partial charge in [-0.25, -0.2) is 0 Å². The minimum absolute atomic E-state index is 0.0256. The number of nitrogens with zero attached hydrogens (tertiary/aromatic N) is 2. The topological polar surface area (TPSA) is 70.0 Å². The third-order valence-corrected chi connectivity index (χ3v) is 2.47. The molecule has 1 aromatic carbocycles. The van der Waals surface area contributed by atoms with Crippen LogP contribution in [0.1, 0.15) is 24.2 Å². The molecule has 0 radical (unpaired) electrons. The zero-order valence-corrected chi connectivity index (χ0v) is 9.97. The van der Waals surface area contributed by atoms with E-state index in [1.54, 1.807) is 31.3 Å². The summed E-state index contributed by atoms with van der Waals surface area (Å²) < 4.78 is 0. The molecule has 0 fully saturated rings. The lowest BCUT2D eigenvalue weighted by molar-refractivity contribution is -0.116. The van der Waals surface area contributed by atoms with Crippen LogP contribution in [0.3, 0.4) is 0 Å². The van der Waals surface area contributed by atoms with Crippen LogP contribution in [-0.2, 0) is 4.79 Å². The number of oxime groups is 1. The van der Waals surface area contributed by atoms with Crippen molar-refractivity contribution in [3.05, 3.63) is 29.8 Å². The summed E-state index contributed by atoms with van der Waals surface area (Å²) in [6, 6.07) is 6.51. The lowest BCUT2D eigenvalue weighted by atomic mass is 10.1. The number of carbonyl (C=O) groups is 2. The predicted molar refractivity (Wildman–Crippen MR) is 64.8 cm³/mol. The average Bonchev–Trinajstić information content (AvgIpc) is 2.36. The molecule has 0 saturated heterocycles. The summed E-state index contributed by atoms with van der Waals surface area (Å²) in [5.74, 6) is -0.429. The fraction of sp³-hybridized carbons (Fsp3) is 0.250. The normalized spacial score (nSPS) is 11.1. The van der Waals surface area contributed by atoms with Crippen LogP contribution >= 0.6 is 0 Å². The Labute approximate surface area is 99.3 Å². The van der Waals surface area contributed by atoms with E-state index < -0.39 is 0 Å². The molecule has 0 spiro atoms. The second kappa shape index (κ2) is 5.25. The number of benzene rings is 1. The van der Waals surface area contributed by atoms with Crippen molar-refractivity contribution in [1.29, 1.82) is 0 Å². The zero-order chi connectivity index (χ0) is 13.0. The molecule has 5 nitrogen and oxygen atoms in total. The van der Waals surface area contributed by atoms with Crippen LogP contribution in [0.25, 0.3) is 0 Å². The third-order valence-electron chi connectivity index (χ3n) is 2.47. The summed E-state index contributed by atoms with van der Waals surface area (Å²) in [5, 5.41) is 11.3. The highest BCUT2D eigenvalue weighted by Crippen LogP contribution is 2.14. The maximum absolute atomic E-state index is 11.6. The first-order valence-electron chi connectivity index (χ1n) is 5.05. The molecule has 0 aliphatic carbocycles. The molecular weight excluding hydrogens is 220 g/mol. The molecule has 0 aliphatic rings. The Balaban J connectivity index is 2.96. The number of hydrogen-bond donors (Lipinski definition) is 1. The van der Waals surface area contributed by atoms with Gasteiger partial charge in [-0.05, 0) is 31.2 Å². The van der Waals surface area contributed by atoms with Crippen LogP contribution in [0.5, 0.6) is 0 Å². The van der Waals surface area contributed by atoms with Gasteiger partial charge in [0.1, 0.15) is 5.71 Å². The molecule has 1 aromatic rings. The van der Waals surface area contributed by atoms with Gasteiger partial charge < -0.3 is 10.1 Å². The predicted octanol–water partition coefficient (Wildman–Crippen LogP) is 1.70. The van der Waals surface area contributed by atoms with Gasteiger partial charge in [-0.15, -0.1) is 0 Å². The fourth-order valence-corrected chi connectivity index (χ4v) is 1.27. The summed E-state index contributed by atoms with van der Waals surface area (Å²) in [7, 11) is 1.65. The van der Waals surface area contributed by atoms with Gasteiger partial charge in [-0.1, -0.05) is 5.16 Å². The van der Waals surface area contributed by atoms with E-state index in [1.807, 2.05) is 0 Å². The highest BCUT2D eigenvalue weighted by atomic mass is 16.4. The van der Waals surface area contributed by atoms with E-state index in [9.17, 15) is 9.59 Å². The molecule has 0 bridgehead atoms. The molecule has 0 saturated carbocycles. The van der Waals surface area contributed by atoms with Crippen molar-refractivity contribution in [2.45, 2.75) is 13.8 Å². The maximum atomic E-state index is 11.6. The number of hydrogen-bond acceptors (Lipinski definition) is 4. The SMILES string of the molecule is CC(=O)N(C)c1ccc(C(=O)C(C)=NO)cc1. The van der Waals surface area contributed by atoms with Gasteiger partial charge >= 0.3 is 0 Å². The minimum Gasteiger partial charge on any atom is -0.411 e. The number of rotatable bonds is 3. The number of anilines is 1. The first-order chi connectivity index (χ1) is 7.97. The Bertz CT molecular complexity index is 463. The number of ketones is 1. The van der Waals surface area contributed by atoms with Crippen LogP contribution in [-0.4, -0.2) is 29.7 Å². The molecule has 5 heteroatoms. The second-order valence-corrected chi connectivity index (χ2v) is 3.64. The molecule has 17 heavy (non-hydrogen) atoms. The van der Waals surface area contributed by atoms with Crippen LogP contribution < -0.4 is 4.90 Å². The van der Waals surface area contributed by atoms with Crippen molar-refractivity contribution in [3.8, 4) is 0 Å². The van der Waals surface area contributed by atoms with Crippen LogP contribution in [0.2, 0.25) is 0 Å². The Hall–Kier alpha value is -2.17. The fourth-order valence-electron chi connectivity index (χ4n) is 1.27. The Morgan fingerprint density at radius 3 is 2.12 bits per heavy atom. The van der Waals surface area contributed by atoms with Gasteiger partial charge in [0, 0.05) is 25.2 Å². The standard InChI is InChI=1S/C12H14N2O3/c1-8(13-17)12(16)10-4-6-11(7-5-10)14(3)9(2)15/h4-7,17H,1-3H3. The van der Waals surface area contributed by atoms with Crippen molar-refractivity contribution >= 4 is 23.1 Å². The first-order valence-corrected chi connectivity index (χ1v) is 5.05. The lowest BCUT2D eigenvalue weighted by Crippen LogP contribution is -2.22. The monoisotopic (exact) mass is 234 g/mol. The number of Topliss-reactive ketones (excluding diaryl/α,β-unsaturated/α-hetero) is 1. The van der Waals surface area contributed by atoms with Gasteiger partial charge in [-0.3, -0.25) is 9.59 Å². The van der Waals surface area contributed by atoms with Crippen molar-refractivity contribution in [2.24, 2.45) is 5.16 Å².